The summed E-state index contributed by atoms with van der Waals surface area (Å²) in [5.41, 5.74) is 2.29. The first-order chi connectivity index (χ1) is 14.6. The smallest absolute Gasteiger partial charge is 0.223 e. The average Bonchev–Trinajstić information content (AvgIpc) is 3.49. The minimum Gasteiger partial charge on any atom is -0.493 e. The Morgan fingerprint density at radius 2 is 1.93 bits per heavy atom. The molecule has 1 unspecified atom stereocenters. The van der Waals surface area contributed by atoms with Gasteiger partial charge in [-0.1, -0.05) is 17.7 Å². The summed E-state index contributed by atoms with van der Waals surface area (Å²) >= 11 is 6.54. The molecule has 1 N–H and O–H groups in total. The zero-order valence-corrected chi connectivity index (χ0v) is 18.2. The van der Waals surface area contributed by atoms with E-state index in [-0.39, 0.29) is 17.2 Å². The molecule has 1 saturated heterocycles. The summed E-state index contributed by atoms with van der Waals surface area (Å²) in [6, 6.07) is 7.76. The van der Waals surface area contributed by atoms with Crippen LogP contribution >= 0.6 is 11.6 Å². The molecule has 1 aromatic heterocycles. The lowest BCUT2D eigenvalue weighted by atomic mass is 9.90. The number of amides is 1. The lowest BCUT2D eigenvalue weighted by Gasteiger charge is -2.33. The maximum absolute atomic E-state index is 12.6. The minimum atomic E-state index is 0.145. The van der Waals surface area contributed by atoms with Gasteiger partial charge in [-0.05, 0) is 67.1 Å². The molecule has 1 amide bonds. The van der Waals surface area contributed by atoms with E-state index in [1.54, 1.807) is 26.6 Å². The third-order valence-corrected chi connectivity index (χ3v) is 6.95. The van der Waals surface area contributed by atoms with E-state index in [2.05, 4.69) is 15.2 Å². The number of aromatic nitrogens is 1. The van der Waals surface area contributed by atoms with Crippen LogP contribution in [-0.2, 0) is 17.9 Å². The third-order valence-electron chi connectivity index (χ3n) is 6.53. The average molecular weight is 430 g/mol. The van der Waals surface area contributed by atoms with Gasteiger partial charge in [-0.25, -0.2) is 0 Å². The minimum absolute atomic E-state index is 0.145. The van der Waals surface area contributed by atoms with Gasteiger partial charge in [0.05, 0.1) is 19.2 Å². The van der Waals surface area contributed by atoms with Crippen LogP contribution in [-0.4, -0.2) is 43.1 Å². The first-order valence-electron chi connectivity index (χ1n) is 10.3. The predicted molar refractivity (Wildman–Crippen MR) is 116 cm³/mol. The van der Waals surface area contributed by atoms with Gasteiger partial charge in [-0.2, -0.15) is 0 Å². The van der Waals surface area contributed by atoms with Gasteiger partial charge in [0.1, 0.15) is 0 Å². The Hall–Kier alpha value is -2.31. The van der Waals surface area contributed by atoms with Gasteiger partial charge in [-0.15, -0.1) is 0 Å². The number of rotatable bonds is 7. The highest BCUT2D eigenvalue weighted by atomic mass is 35.5. The Balaban J connectivity index is 1.29. The zero-order valence-electron chi connectivity index (χ0n) is 17.5. The fourth-order valence-electron chi connectivity index (χ4n) is 4.53. The number of likely N-dealkylation sites (tertiary alicyclic amines) is 1. The van der Waals surface area contributed by atoms with Crippen molar-refractivity contribution in [2.24, 2.45) is 11.3 Å². The van der Waals surface area contributed by atoms with Crippen molar-refractivity contribution in [2.75, 3.05) is 27.3 Å². The number of methoxy groups -OCH3 is 2. The molecule has 30 heavy (non-hydrogen) atoms. The predicted octanol–water partition coefficient (Wildman–Crippen LogP) is 3.67. The van der Waals surface area contributed by atoms with Crippen LogP contribution in [0.1, 0.15) is 30.4 Å². The van der Waals surface area contributed by atoms with Crippen LogP contribution in [0.2, 0.25) is 5.02 Å². The number of pyridine rings is 1. The lowest BCUT2D eigenvalue weighted by molar-refractivity contribution is -0.123. The van der Waals surface area contributed by atoms with Crippen molar-refractivity contribution in [3.8, 4) is 11.5 Å². The van der Waals surface area contributed by atoms with Crippen molar-refractivity contribution in [3.05, 3.63) is 52.8 Å². The Morgan fingerprint density at radius 1 is 1.20 bits per heavy atom. The fourth-order valence-corrected chi connectivity index (χ4v) is 4.83. The summed E-state index contributed by atoms with van der Waals surface area (Å²) in [5, 5.41) is 3.70. The number of nitrogens with zero attached hydrogens (tertiary/aromatic N) is 2. The SMILES string of the molecule is COc1ccc(CN2CCC3(CC2)CC3C(=O)NCc2ccncc2)c(Cl)c1OC. The van der Waals surface area contributed by atoms with Crippen molar-refractivity contribution in [1.82, 2.24) is 15.2 Å². The number of nitrogens with one attached hydrogen (secondary N) is 1. The van der Waals surface area contributed by atoms with Crippen LogP contribution < -0.4 is 14.8 Å². The summed E-state index contributed by atoms with van der Waals surface area (Å²) in [4.78, 5) is 19.0. The van der Waals surface area contributed by atoms with E-state index >= 15 is 0 Å². The topological polar surface area (TPSA) is 63.7 Å². The molecule has 2 aromatic rings. The molecule has 1 saturated carbocycles. The van der Waals surface area contributed by atoms with E-state index in [9.17, 15) is 4.79 Å². The first-order valence-corrected chi connectivity index (χ1v) is 10.7. The van der Waals surface area contributed by atoms with Gasteiger partial charge >= 0.3 is 0 Å². The van der Waals surface area contributed by atoms with E-state index in [1.165, 1.54) is 0 Å². The molecule has 1 aliphatic carbocycles. The Bertz CT molecular complexity index is 898. The van der Waals surface area contributed by atoms with Crippen molar-refractivity contribution >= 4 is 17.5 Å². The number of benzene rings is 1. The molecule has 7 heteroatoms. The molecular formula is C23H28ClN3O3. The number of hydrogen-bond acceptors (Lipinski definition) is 5. The molecule has 1 spiro atoms. The van der Waals surface area contributed by atoms with E-state index in [0.29, 0.717) is 23.1 Å². The van der Waals surface area contributed by atoms with E-state index in [1.807, 2.05) is 24.3 Å². The van der Waals surface area contributed by atoms with E-state index in [4.69, 9.17) is 21.1 Å². The summed E-state index contributed by atoms with van der Waals surface area (Å²) in [6.07, 6.45) is 6.59. The monoisotopic (exact) mass is 429 g/mol. The van der Waals surface area contributed by atoms with Gasteiger partial charge in [0.25, 0.3) is 0 Å². The zero-order chi connectivity index (χ0) is 21.1. The molecule has 1 aliphatic heterocycles. The van der Waals surface area contributed by atoms with Gasteiger partial charge in [0, 0.05) is 31.4 Å². The molecule has 0 bridgehead atoms. The highest BCUT2D eigenvalue weighted by molar-refractivity contribution is 6.33. The van der Waals surface area contributed by atoms with Crippen LogP contribution in [0.3, 0.4) is 0 Å². The van der Waals surface area contributed by atoms with Crippen molar-refractivity contribution in [3.63, 3.8) is 0 Å². The second-order valence-corrected chi connectivity index (χ2v) is 8.62. The molecular weight excluding hydrogens is 402 g/mol. The number of carbonyl (C=O) groups is 1. The van der Waals surface area contributed by atoms with Gasteiger partial charge in [0.2, 0.25) is 5.91 Å². The summed E-state index contributed by atoms with van der Waals surface area (Å²) in [6.45, 7) is 3.28. The molecule has 2 fully saturated rings. The number of piperidine rings is 1. The quantitative estimate of drug-likeness (QED) is 0.727. The Morgan fingerprint density at radius 3 is 2.60 bits per heavy atom. The van der Waals surface area contributed by atoms with Crippen molar-refractivity contribution in [2.45, 2.75) is 32.4 Å². The molecule has 6 nitrogen and oxygen atoms in total. The van der Waals surface area contributed by atoms with Crippen LogP contribution in [0, 0.1) is 11.3 Å². The highest BCUT2D eigenvalue weighted by Gasteiger charge is 2.58. The van der Waals surface area contributed by atoms with Crippen LogP contribution in [0.4, 0.5) is 0 Å². The molecule has 0 radical (unpaired) electrons. The summed E-state index contributed by atoms with van der Waals surface area (Å²) in [5.74, 6) is 1.55. The van der Waals surface area contributed by atoms with Crippen LogP contribution in [0.15, 0.2) is 36.7 Å². The molecule has 4 rings (SSSR count). The van der Waals surface area contributed by atoms with Crippen LogP contribution in [0.5, 0.6) is 11.5 Å². The van der Waals surface area contributed by atoms with Crippen LogP contribution in [0.25, 0.3) is 0 Å². The second-order valence-electron chi connectivity index (χ2n) is 8.24. The molecule has 1 atom stereocenters. The maximum atomic E-state index is 12.6. The summed E-state index contributed by atoms with van der Waals surface area (Å²) in [7, 11) is 3.21. The maximum Gasteiger partial charge on any atom is 0.223 e. The third kappa shape index (κ3) is 4.25. The van der Waals surface area contributed by atoms with Crippen molar-refractivity contribution in [1.29, 1.82) is 0 Å². The summed E-state index contributed by atoms with van der Waals surface area (Å²) < 4.78 is 10.7. The molecule has 1 aromatic carbocycles. The number of hydrogen-bond donors (Lipinski definition) is 1. The first kappa shape index (κ1) is 20.9. The lowest BCUT2D eigenvalue weighted by Crippen LogP contribution is -2.36. The van der Waals surface area contributed by atoms with Gasteiger partial charge in [0.15, 0.2) is 11.5 Å². The van der Waals surface area contributed by atoms with Gasteiger partial charge in [-0.3, -0.25) is 14.7 Å². The highest BCUT2D eigenvalue weighted by Crippen LogP contribution is 2.59. The van der Waals surface area contributed by atoms with E-state index in [0.717, 1.165) is 50.0 Å². The largest absolute Gasteiger partial charge is 0.493 e. The van der Waals surface area contributed by atoms with E-state index < -0.39 is 0 Å². The number of carbonyl (C=O) groups excluding carboxylic acids is 1. The fraction of sp³-hybridized carbons (Fsp3) is 0.478. The second kappa shape index (κ2) is 8.82. The Kier molecular flexibility index (Phi) is 6.16. The van der Waals surface area contributed by atoms with Crippen molar-refractivity contribution < 1.29 is 14.3 Å². The molecule has 2 heterocycles. The Labute approximate surface area is 182 Å². The van der Waals surface area contributed by atoms with Gasteiger partial charge < -0.3 is 14.8 Å². The number of ether oxygens (including phenoxy) is 2. The normalized spacial score (nSPS) is 20.0. The molecule has 160 valence electrons. The standard InChI is InChI=1S/C23H28ClN3O3/c1-29-19-4-3-17(20(24)21(19)30-2)15-27-11-7-23(8-12-27)13-18(23)22(28)26-14-16-5-9-25-10-6-16/h3-6,9-10,18H,7-8,11-15H2,1-2H3,(H,26,28). The molecule has 2 aliphatic rings. The number of halogens is 1.